The van der Waals surface area contributed by atoms with Gasteiger partial charge in [0.2, 0.25) is 0 Å². The number of halogens is 1. The number of aromatic carboxylic acids is 1. The lowest BCUT2D eigenvalue weighted by atomic mass is 10.2. The van der Waals surface area contributed by atoms with Crippen LogP contribution in [-0.2, 0) is 0 Å². The third kappa shape index (κ3) is 1.94. The Labute approximate surface area is 104 Å². The van der Waals surface area contributed by atoms with Gasteiger partial charge in [-0.25, -0.2) is 4.79 Å². The van der Waals surface area contributed by atoms with E-state index in [9.17, 15) is 4.79 Å². The van der Waals surface area contributed by atoms with Crippen molar-refractivity contribution < 1.29 is 9.90 Å². The van der Waals surface area contributed by atoms with E-state index >= 15 is 0 Å². The molecular weight excluding hydrogens is 238 g/mol. The highest BCUT2D eigenvalue weighted by atomic mass is 35.5. The minimum absolute atomic E-state index is 0.310. The first-order valence-corrected chi connectivity index (χ1v) is 5.57. The van der Waals surface area contributed by atoms with Gasteiger partial charge in [0, 0.05) is 22.6 Å². The van der Waals surface area contributed by atoms with E-state index in [1.54, 1.807) is 19.2 Å². The normalized spacial score (nSPS) is 10.5. The Bertz CT molecular complexity index is 587. The van der Waals surface area contributed by atoms with Gasteiger partial charge in [0.1, 0.15) is 0 Å². The highest BCUT2D eigenvalue weighted by molar-refractivity contribution is 6.31. The molecule has 0 aliphatic heterocycles. The van der Waals surface area contributed by atoms with Crippen LogP contribution >= 0.6 is 11.6 Å². The van der Waals surface area contributed by atoms with Gasteiger partial charge >= 0.3 is 5.97 Å². The second kappa shape index (κ2) is 4.26. The van der Waals surface area contributed by atoms with Gasteiger partial charge in [0.25, 0.3) is 0 Å². The lowest BCUT2D eigenvalue weighted by Crippen LogP contribution is -2.02. The largest absolute Gasteiger partial charge is 0.478 e. The molecule has 17 heavy (non-hydrogen) atoms. The standard InChI is InChI=1S/C13H12ClNO2/c1-8-11(14)4-3-5-12(8)15-7-6-10(9(15)2)13(16)17/h3-7H,1-2H3,(H,16,17). The molecule has 0 aliphatic rings. The number of hydrogen-bond donors (Lipinski definition) is 1. The summed E-state index contributed by atoms with van der Waals surface area (Å²) < 4.78 is 1.84. The number of carboxylic acid groups (broad SMARTS) is 1. The van der Waals surface area contributed by atoms with E-state index in [4.69, 9.17) is 16.7 Å². The molecule has 0 unspecified atom stereocenters. The molecule has 0 atom stereocenters. The number of rotatable bonds is 2. The average Bonchev–Trinajstić information content (AvgIpc) is 2.64. The number of benzene rings is 1. The Morgan fingerprint density at radius 1 is 1.29 bits per heavy atom. The molecule has 0 spiro atoms. The van der Waals surface area contributed by atoms with Gasteiger partial charge in [-0.15, -0.1) is 0 Å². The van der Waals surface area contributed by atoms with Crippen LogP contribution in [0.1, 0.15) is 21.6 Å². The van der Waals surface area contributed by atoms with Gasteiger partial charge in [0.05, 0.1) is 5.56 Å². The van der Waals surface area contributed by atoms with E-state index < -0.39 is 5.97 Å². The molecule has 4 heteroatoms. The molecule has 0 saturated heterocycles. The van der Waals surface area contributed by atoms with Gasteiger partial charge in [-0.2, -0.15) is 0 Å². The zero-order valence-electron chi connectivity index (χ0n) is 9.57. The van der Waals surface area contributed by atoms with Crippen LogP contribution in [-0.4, -0.2) is 15.6 Å². The lowest BCUT2D eigenvalue weighted by Gasteiger charge is -2.11. The van der Waals surface area contributed by atoms with Crippen molar-refractivity contribution in [2.45, 2.75) is 13.8 Å². The molecule has 88 valence electrons. The number of carboxylic acids is 1. The summed E-state index contributed by atoms with van der Waals surface area (Å²) >= 11 is 6.06. The van der Waals surface area contributed by atoms with Gasteiger partial charge < -0.3 is 9.67 Å². The topological polar surface area (TPSA) is 42.2 Å². The summed E-state index contributed by atoms with van der Waals surface area (Å²) in [5, 5.41) is 9.68. The second-order valence-corrected chi connectivity index (χ2v) is 4.28. The molecule has 0 bridgehead atoms. The van der Waals surface area contributed by atoms with Crippen LogP contribution in [0.2, 0.25) is 5.02 Å². The summed E-state index contributed by atoms with van der Waals surface area (Å²) in [7, 11) is 0. The summed E-state index contributed by atoms with van der Waals surface area (Å²) in [6, 6.07) is 7.18. The molecule has 0 saturated carbocycles. The van der Waals surface area contributed by atoms with Crippen LogP contribution in [0.25, 0.3) is 5.69 Å². The SMILES string of the molecule is Cc1c(Cl)cccc1-n1ccc(C(=O)O)c1C. The fourth-order valence-corrected chi connectivity index (χ4v) is 2.02. The first-order valence-electron chi connectivity index (χ1n) is 5.19. The van der Waals surface area contributed by atoms with E-state index in [0.29, 0.717) is 16.3 Å². The van der Waals surface area contributed by atoms with Crippen molar-refractivity contribution in [1.82, 2.24) is 4.57 Å². The summed E-state index contributed by atoms with van der Waals surface area (Å²) in [4.78, 5) is 11.0. The fraction of sp³-hybridized carbons (Fsp3) is 0.154. The minimum Gasteiger partial charge on any atom is -0.478 e. The molecule has 0 fully saturated rings. The molecule has 1 N–H and O–H groups in total. The van der Waals surface area contributed by atoms with E-state index in [1.807, 2.05) is 29.7 Å². The van der Waals surface area contributed by atoms with Crippen LogP contribution < -0.4 is 0 Å². The van der Waals surface area contributed by atoms with E-state index in [2.05, 4.69) is 0 Å². The molecule has 2 rings (SSSR count). The Balaban J connectivity index is 2.62. The van der Waals surface area contributed by atoms with Crippen LogP contribution in [0.4, 0.5) is 0 Å². The van der Waals surface area contributed by atoms with Crippen molar-refractivity contribution in [1.29, 1.82) is 0 Å². The van der Waals surface area contributed by atoms with Crippen molar-refractivity contribution >= 4 is 17.6 Å². The van der Waals surface area contributed by atoms with Gasteiger partial charge in [-0.1, -0.05) is 17.7 Å². The predicted molar refractivity (Wildman–Crippen MR) is 67.2 cm³/mol. The number of hydrogen-bond acceptors (Lipinski definition) is 1. The minimum atomic E-state index is -0.916. The maximum Gasteiger partial charge on any atom is 0.337 e. The van der Waals surface area contributed by atoms with Crippen molar-refractivity contribution in [2.24, 2.45) is 0 Å². The number of carbonyl (C=O) groups is 1. The first-order chi connectivity index (χ1) is 8.02. The highest BCUT2D eigenvalue weighted by Crippen LogP contribution is 2.24. The van der Waals surface area contributed by atoms with Crippen molar-refractivity contribution in [3.63, 3.8) is 0 Å². The smallest absolute Gasteiger partial charge is 0.337 e. The number of aromatic nitrogens is 1. The average molecular weight is 250 g/mol. The molecule has 0 amide bonds. The molecule has 0 aliphatic carbocycles. The quantitative estimate of drug-likeness (QED) is 0.886. The predicted octanol–water partition coefficient (Wildman–Crippen LogP) is 3.45. The van der Waals surface area contributed by atoms with E-state index in [1.165, 1.54) is 0 Å². The molecule has 0 radical (unpaired) electrons. The summed E-state index contributed by atoms with van der Waals surface area (Å²) in [5.74, 6) is -0.916. The molecular formula is C13H12ClNO2. The maximum atomic E-state index is 11.0. The van der Waals surface area contributed by atoms with Crippen LogP contribution in [0.15, 0.2) is 30.5 Å². The third-order valence-electron chi connectivity index (χ3n) is 2.87. The lowest BCUT2D eigenvalue weighted by molar-refractivity contribution is 0.0696. The van der Waals surface area contributed by atoms with Crippen LogP contribution in [0.3, 0.4) is 0 Å². The zero-order chi connectivity index (χ0) is 12.6. The summed E-state index contributed by atoms with van der Waals surface area (Å²) in [6.45, 7) is 3.70. The van der Waals surface area contributed by atoms with Gasteiger partial charge in [-0.05, 0) is 37.6 Å². The van der Waals surface area contributed by atoms with Gasteiger partial charge in [-0.3, -0.25) is 0 Å². The zero-order valence-corrected chi connectivity index (χ0v) is 10.3. The Kier molecular flexibility index (Phi) is 2.94. The Morgan fingerprint density at radius 2 is 2.00 bits per heavy atom. The highest BCUT2D eigenvalue weighted by Gasteiger charge is 2.13. The third-order valence-corrected chi connectivity index (χ3v) is 3.28. The number of nitrogens with zero attached hydrogens (tertiary/aromatic N) is 1. The van der Waals surface area contributed by atoms with Crippen LogP contribution in [0, 0.1) is 13.8 Å². The molecule has 1 aromatic heterocycles. The Hall–Kier alpha value is -1.74. The van der Waals surface area contributed by atoms with Crippen LogP contribution in [0.5, 0.6) is 0 Å². The second-order valence-electron chi connectivity index (χ2n) is 3.87. The summed E-state index contributed by atoms with van der Waals surface area (Å²) in [6.07, 6.45) is 1.75. The van der Waals surface area contributed by atoms with Crippen molar-refractivity contribution in [3.05, 3.63) is 52.3 Å². The van der Waals surface area contributed by atoms with E-state index in [-0.39, 0.29) is 0 Å². The first kappa shape index (κ1) is 11.7. The molecule has 2 aromatic rings. The monoisotopic (exact) mass is 249 g/mol. The van der Waals surface area contributed by atoms with Crippen molar-refractivity contribution in [3.8, 4) is 5.69 Å². The molecule has 3 nitrogen and oxygen atoms in total. The molecule has 1 heterocycles. The van der Waals surface area contributed by atoms with Gasteiger partial charge in [0.15, 0.2) is 0 Å². The summed E-state index contributed by atoms with van der Waals surface area (Å²) in [5.41, 5.74) is 2.85. The van der Waals surface area contributed by atoms with E-state index in [0.717, 1.165) is 11.3 Å². The van der Waals surface area contributed by atoms with Crippen molar-refractivity contribution in [2.75, 3.05) is 0 Å². The fourth-order valence-electron chi connectivity index (χ4n) is 1.86. The Morgan fingerprint density at radius 3 is 2.59 bits per heavy atom. The maximum absolute atomic E-state index is 11.0. The molecule has 1 aromatic carbocycles.